The number of anilines is 2. The van der Waals surface area contributed by atoms with Crippen LogP contribution in [0.25, 0.3) is 0 Å². The Hall–Kier alpha value is -1.22. The zero-order valence-corrected chi connectivity index (χ0v) is 11.7. The quantitative estimate of drug-likeness (QED) is 0.763. The van der Waals surface area contributed by atoms with E-state index in [-0.39, 0.29) is 0 Å². The predicted molar refractivity (Wildman–Crippen MR) is 79.3 cm³/mol. The maximum Gasteiger partial charge on any atom is 0.0709 e. The van der Waals surface area contributed by atoms with Crippen LogP contribution in [0.4, 0.5) is 11.4 Å². The zero-order chi connectivity index (χ0) is 13.5. The summed E-state index contributed by atoms with van der Waals surface area (Å²) < 4.78 is 0. The summed E-state index contributed by atoms with van der Waals surface area (Å²) in [6.45, 7) is 3.93. The van der Waals surface area contributed by atoms with Crippen molar-refractivity contribution < 1.29 is 5.11 Å². The van der Waals surface area contributed by atoms with Crippen LogP contribution in [-0.2, 0) is 0 Å². The molecule has 0 aromatic heterocycles. The summed E-state index contributed by atoms with van der Waals surface area (Å²) in [5.74, 6) is 0.413. The number of hydrogen-bond donors (Lipinski definition) is 2. The van der Waals surface area contributed by atoms with E-state index >= 15 is 0 Å². The Morgan fingerprint density at radius 3 is 2.95 bits per heavy atom. The summed E-state index contributed by atoms with van der Waals surface area (Å²) in [5, 5.41) is 10.7. The molecule has 104 valence electrons. The van der Waals surface area contributed by atoms with Crippen LogP contribution < -0.4 is 10.6 Å². The highest BCUT2D eigenvalue weighted by Crippen LogP contribution is 2.41. The Bertz CT molecular complexity index is 474. The first-order chi connectivity index (χ1) is 9.08. The van der Waals surface area contributed by atoms with Crippen molar-refractivity contribution in [3.05, 3.63) is 23.8 Å². The van der Waals surface area contributed by atoms with Gasteiger partial charge < -0.3 is 15.7 Å². The minimum absolute atomic E-state index is 0.409. The minimum Gasteiger partial charge on any atom is -0.397 e. The number of piperidine rings is 1. The first-order valence-corrected chi connectivity index (χ1v) is 7.42. The SMILES string of the molecule is Cc1ccc(N2CCC3(O)CCCCC3C2)c(N)c1. The highest BCUT2D eigenvalue weighted by molar-refractivity contribution is 5.68. The summed E-state index contributed by atoms with van der Waals surface area (Å²) >= 11 is 0. The predicted octanol–water partition coefficient (Wildman–Crippen LogP) is 2.71. The van der Waals surface area contributed by atoms with Gasteiger partial charge in [-0.2, -0.15) is 0 Å². The topological polar surface area (TPSA) is 49.5 Å². The van der Waals surface area contributed by atoms with Gasteiger partial charge in [-0.1, -0.05) is 18.9 Å². The molecule has 2 fully saturated rings. The summed E-state index contributed by atoms with van der Waals surface area (Å²) in [5.41, 5.74) is 8.94. The van der Waals surface area contributed by atoms with Crippen LogP contribution in [0.2, 0.25) is 0 Å². The molecule has 2 unspecified atom stereocenters. The molecule has 2 aliphatic rings. The molecule has 1 aliphatic carbocycles. The van der Waals surface area contributed by atoms with Gasteiger partial charge in [0.1, 0.15) is 0 Å². The molecule has 0 radical (unpaired) electrons. The number of aryl methyl sites for hydroxylation is 1. The monoisotopic (exact) mass is 260 g/mol. The van der Waals surface area contributed by atoms with Crippen molar-refractivity contribution in [2.45, 2.75) is 44.6 Å². The number of fused-ring (bicyclic) bond motifs is 1. The summed E-state index contributed by atoms with van der Waals surface area (Å²) in [6.07, 6.45) is 5.45. The van der Waals surface area contributed by atoms with E-state index < -0.39 is 5.60 Å². The lowest BCUT2D eigenvalue weighted by Crippen LogP contribution is -2.53. The number of aliphatic hydroxyl groups is 1. The first kappa shape index (κ1) is 12.8. The molecule has 3 rings (SSSR count). The fourth-order valence-electron chi connectivity index (χ4n) is 3.75. The largest absolute Gasteiger partial charge is 0.397 e. The molecule has 0 bridgehead atoms. The zero-order valence-electron chi connectivity index (χ0n) is 11.7. The fraction of sp³-hybridized carbons (Fsp3) is 0.625. The number of nitrogen functional groups attached to an aromatic ring is 1. The summed E-state index contributed by atoms with van der Waals surface area (Å²) in [7, 11) is 0. The number of hydrogen-bond acceptors (Lipinski definition) is 3. The molecule has 0 amide bonds. The lowest BCUT2D eigenvalue weighted by molar-refractivity contribution is -0.0612. The van der Waals surface area contributed by atoms with Gasteiger partial charge in [0.15, 0.2) is 0 Å². The molecule has 1 aliphatic heterocycles. The average molecular weight is 260 g/mol. The van der Waals surface area contributed by atoms with E-state index in [0.717, 1.165) is 43.7 Å². The third-order valence-corrected chi connectivity index (χ3v) is 4.95. The van der Waals surface area contributed by atoms with Gasteiger partial charge >= 0.3 is 0 Å². The fourth-order valence-corrected chi connectivity index (χ4v) is 3.75. The van der Waals surface area contributed by atoms with Crippen molar-refractivity contribution in [3.63, 3.8) is 0 Å². The Balaban J connectivity index is 1.80. The lowest BCUT2D eigenvalue weighted by Gasteiger charge is -2.48. The van der Waals surface area contributed by atoms with Gasteiger partial charge in [-0.15, -0.1) is 0 Å². The molecule has 1 saturated heterocycles. The van der Waals surface area contributed by atoms with Crippen LogP contribution in [0.5, 0.6) is 0 Å². The second-order valence-corrected chi connectivity index (χ2v) is 6.30. The Morgan fingerprint density at radius 2 is 2.16 bits per heavy atom. The van der Waals surface area contributed by atoms with Gasteiger partial charge in [-0.25, -0.2) is 0 Å². The number of nitrogens with zero attached hydrogens (tertiary/aromatic N) is 1. The van der Waals surface area contributed by atoms with Gasteiger partial charge in [0.25, 0.3) is 0 Å². The minimum atomic E-state index is -0.409. The van der Waals surface area contributed by atoms with Crippen LogP contribution in [0.1, 0.15) is 37.7 Å². The van der Waals surface area contributed by atoms with Crippen molar-refractivity contribution in [1.82, 2.24) is 0 Å². The van der Waals surface area contributed by atoms with E-state index in [9.17, 15) is 5.11 Å². The van der Waals surface area contributed by atoms with Crippen LogP contribution >= 0.6 is 0 Å². The van der Waals surface area contributed by atoms with E-state index in [2.05, 4.69) is 24.0 Å². The Kier molecular flexibility index (Phi) is 3.17. The third kappa shape index (κ3) is 2.32. The highest BCUT2D eigenvalue weighted by atomic mass is 16.3. The average Bonchev–Trinajstić information content (AvgIpc) is 2.38. The van der Waals surface area contributed by atoms with Crippen molar-refractivity contribution in [2.24, 2.45) is 5.92 Å². The molecule has 1 aromatic carbocycles. The van der Waals surface area contributed by atoms with E-state index in [0.29, 0.717) is 5.92 Å². The van der Waals surface area contributed by atoms with E-state index in [1.807, 2.05) is 6.07 Å². The van der Waals surface area contributed by atoms with Gasteiger partial charge in [0.2, 0.25) is 0 Å². The van der Waals surface area contributed by atoms with Gasteiger partial charge in [-0.05, 0) is 43.9 Å². The van der Waals surface area contributed by atoms with Crippen molar-refractivity contribution in [1.29, 1.82) is 0 Å². The van der Waals surface area contributed by atoms with Crippen molar-refractivity contribution in [3.8, 4) is 0 Å². The maximum atomic E-state index is 10.7. The van der Waals surface area contributed by atoms with Crippen molar-refractivity contribution >= 4 is 11.4 Å². The molecular weight excluding hydrogens is 236 g/mol. The molecule has 3 N–H and O–H groups in total. The van der Waals surface area contributed by atoms with Gasteiger partial charge in [0.05, 0.1) is 17.0 Å². The van der Waals surface area contributed by atoms with E-state index in [4.69, 9.17) is 5.73 Å². The molecule has 1 heterocycles. The molecular formula is C16H24N2O. The van der Waals surface area contributed by atoms with Crippen LogP contribution in [0, 0.1) is 12.8 Å². The van der Waals surface area contributed by atoms with Gasteiger partial charge in [-0.3, -0.25) is 0 Å². The summed E-state index contributed by atoms with van der Waals surface area (Å²) in [4.78, 5) is 2.36. The molecule has 1 aromatic rings. The highest BCUT2D eigenvalue weighted by Gasteiger charge is 2.42. The second kappa shape index (κ2) is 4.71. The smallest absolute Gasteiger partial charge is 0.0709 e. The molecule has 19 heavy (non-hydrogen) atoms. The summed E-state index contributed by atoms with van der Waals surface area (Å²) in [6, 6.07) is 6.28. The number of benzene rings is 1. The molecule has 3 heteroatoms. The normalized spacial score (nSPS) is 31.1. The number of rotatable bonds is 1. The molecule has 3 nitrogen and oxygen atoms in total. The standard InChI is InChI=1S/C16H24N2O/c1-12-5-6-15(14(17)10-12)18-9-8-16(19)7-3-2-4-13(16)11-18/h5-6,10,13,19H,2-4,7-9,11,17H2,1H3. The number of nitrogens with two attached hydrogens (primary N) is 1. The van der Waals surface area contributed by atoms with Crippen molar-refractivity contribution in [2.75, 3.05) is 23.7 Å². The molecule has 2 atom stereocenters. The van der Waals surface area contributed by atoms with Crippen LogP contribution in [-0.4, -0.2) is 23.8 Å². The lowest BCUT2D eigenvalue weighted by atomic mass is 9.71. The van der Waals surface area contributed by atoms with E-state index in [1.165, 1.54) is 18.4 Å². The van der Waals surface area contributed by atoms with E-state index in [1.54, 1.807) is 0 Å². The van der Waals surface area contributed by atoms with Crippen LogP contribution in [0.3, 0.4) is 0 Å². The second-order valence-electron chi connectivity index (χ2n) is 6.30. The maximum absolute atomic E-state index is 10.7. The van der Waals surface area contributed by atoms with Crippen LogP contribution in [0.15, 0.2) is 18.2 Å². The van der Waals surface area contributed by atoms with Gasteiger partial charge in [0, 0.05) is 19.0 Å². The first-order valence-electron chi connectivity index (χ1n) is 7.42. The molecule has 0 spiro atoms. The Morgan fingerprint density at radius 1 is 1.32 bits per heavy atom. The molecule has 1 saturated carbocycles. The third-order valence-electron chi connectivity index (χ3n) is 4.95. The Labute approximate surface area is 115 Å².